The molecule has 4 N–H and O–H groups in total. The van der Waals surface area contributed by atoms with Crippen LogP contribution in [0.5, 0.6) is 5.75 Å². The molecule has 0 bridgehead atoms. The highest BCUT2D eigenvalue weighted by Crippen LogP contribution is 2.32. The molecule has 5 aromatic carbocycles. The van der Waals surface area contributed by atoms with E-state index in [-0.39, 0.29) is 83.6 Å². The van der Waals surface area contributed by atoms with Crippen LogP contribution in [0.4, 0.5) is 34.1 Å². The van der Waals surface area contributed by atoms with Crippen LogP contribution in [0.25, 0.3) is 0 Å². The lowest BCUT2D eigenvalue weighted by Crippen LogP contribution is -2.32. The van der Waals surface area contributed by atoms with Crippen molar-refractivity contribution in [3.63, 3.8) is 0 Å². The van der Waals surface area contributed by atoms with Crippen LogP contribution in [0.15, 0.2) is 111 Å². The van der Waals surface area contributed by atoms with E-state index in [4.69, 9.17) is 85.9 Å². The molecule has 0 saturated heterocycles. The molecule has 0 aliphatic carbocycles. The molecular weight excluding hydrogens is 977 g/mol. The van der Waals surface area contributed by atoms with Gasteiger partial charge in [0.2, 0.25) is 12.1 Å². The van der Waals surface area contributed by atoms with E-state index in [9.17, 15) is 28.8 Å². The van der Waals surface area contributed by atoms with Crippen LogP contribution >= 0.6 is 81.2 Å². The maximum atomic E-state index is 13.4. The predicted octanol–water partition coefficient (Wildman–Crippen LogP) is 12.1. The molecule has 0 radical (unpaired) electrons. The van der Waals surface area contributed by atoms with E-state index in [0.717, 1.165) is 13.8 Å². The normalized spacial score (nSPS) is 12.1. The summed E-state index contributed by atoms with van der Waals surface area (Å²) in [5.41, 5.74) is 0.799. The standard InChI is InChI=1S/C42H31Cl7N8O7/c1-20(58)37(56-54-25-5-10-29(46)27(17-25)39(60)52-34-15-22(44)3-8-31(34)48)41(62)50-24-7-12-33(36(19-24)64-14-13-43)51-42(63)38(21(2)59)57-55-26-6-11-30(47)28(18-26)40(61)53-35-16-23(45)4-9-32(35)49/h3-12,15-19,37-38H,13-14H2,1-2H3,(H,50,62)(H,51,63)(H,52,60)(H,53,61). The summed E-state index contributed by atoms with van der Waals surface area (Å²) < 4.78 is 5.72. The lowest BCUT2D eigenvalue weighted by molar-refractivity contribution is -0.127. The van der Waals surface area contributed by atoms with Crippen molar-refractivity contribution in [3.8, 4) is 5.75 Å². The minimum absolute atomic E-state index is 0.00818. The Labute approximate surface area is 399 Å². The monoisotopic (exact) mass is 1000 g/mol. The molecule has 0 aliphatic heterocycles. The van der Waals surface area contributed by atoms with Crippen molar-refractivity contribution < 1.29 is 33.5 Å². The fraction of sp³-hybridized carbons (Fsp3) is 0.143. The Bertz CT molecular complexity index is 2720. The van der Waals surface area contributed by atoms with Crippen LogP contribution in [-0.2, 0) is 19.2 Å². The molecule has 0 saturated carbocycles. The third kappa shape index (κ3) is 13.4. The highest BCUT2D eigenvalue weighted by Gasteiger charge is 2.27. The van der Waals surface area contributed by atoms with Gasteiger partial charge in [-0.05, 0) is 98.8 Å². The molecule has 64 heavy (non-hydrogen) atoms. The van der Waals surface area contributed by atoms with E-state index >= 15 is 0 Å². The van der Waals surface area contributed by atoms with Crippen molar-refractivity contribution in [2.45, 2.75) is 25.9 Å². The van der Waals surface area contributed by atoms with Gasteiger partial charge in [0.05, 0.1) is 65.5 Å². The first-order chi connectivity index (χ1) is 30.4. The largest absolute Gasteiger partial charge is 0.490 e. The van der Waals surface area contributed by atoms with Crippen molar-refractivity contribution in [2.75, 3.05) is 33.8 Å². The summed E-state index contributed by atoms with van der Waals surface area (Å²) in [5.74, 6) is -4.36. The summed E-state index contributed by atoms with van der Waals surface area (Å²) in [6.45, 7) is 2.23. The summed E-state index contributed by atoms with van der Waals surface area (Å²) in [4.78, 5) is 78.2. The zero-order valence-corrected chi connectivity index (χ0v) is 38.3. The average Bonchev–Trinajstić information content (AvgIpc) is 3.24. The molecular formula is C42H31Cl7N8O7. The highest BCUT2D eigenvalue weighted by molar-refractivity contribution is 6.38. The van der Waals surface area contributed by atoms with E-state index < -0.39 is 47.3 Å². The first kappa shape index (κ1) is 49.4. The number of nitrogens with one attached hydrogen (secondary N) is 4. The maximum Gasteiger partial charge on any atom is 0.258 e. The van der Waals surface area contributed by atoms with E-state index in [2.05, 4.69) is 41.7 Å². The Kier molecular flexibility index (Phi) is 17.6. The Morgan fingerprint density at radius 3 is 1.44 bits per heavy atom. The summed E-state index contributed by atoms with van der Waals surface area (Å²) in [6.07, 6.45) is 0. The second-order valence-electron chi connectivity index (χ2n) is 13.2. The van der Waals surface area contributed by atoms with Gasteiger partial charge in [0.25, 0.3) is 23.6 Å². The zero-order chi connectivity index (χ0) is 46.7. The van der Waals surface area contributed by atoms with Crippen molar-refractivity contribution >= 4 is 151 Å². The summed E-state index contributed by atoms with van der Waals surface area (Å²) >= 11 is 42.8. The molecule has 5 aromatic rings. The molecule has 5 rings (SSSR count). The van der Waals surface area contributed by atoms with Crippen molar-refractivity contribution in [3.05, 3.63) is 132 Å². The van der Waals surface area contributed by atoms with E-state index in [1.54, 1.807) is 12.1 Å². The van der Waals surface area contributed by atoms with Crippen LogP contribution in [0.1, 0.15) is 34.6 Å². The number of ether oxygens (including phenoxy) is 1. The number of Topliss-reactive ketones (excluding diaryl/α,β-unsaturated/α-hetero) is 2. The number of halogens is 7. The van der Waals surface area contributed by atoms with Gasteiger partial charge in [-0.2, -0.15) is 20.5 Å². The Morgan fingerprint density at radius 1 is 0.531 bits per heavy atom. The molecule has 2 unspecified atom stereocenters. The number of alkyl halides is 1. The van der Waals surface area contributed by atoms with Gasteiger partial charge >= 0.3 is 0 Å². The number of rotatable bonds is 17. The number of hydrogen-bond donors (Lipinski definition) is 4. The molecule has 4 amide bonds. The van der Waals surface area contributed by atoms with Gasteiger partial charge in [0.1, 0.15) is 12.4 Å². The summed E-state index contributed by atoms with van der Waals surface area (Å²) in [7, 11) is 0. The van der Waals surface area contributed by atoms with Gasteiger partial charge in [-0.15, -0.1) is 11.6 Å². The number of carbonyl (C=O) groups is 6. The second-order valence-corrected chi connectivity index (χ2v) is 16.0. The molecule has 0 heterocycles. The molecule has 22 heteroatoms. The molecule has 15 nitrogen and oxygen atoms in total. The minimum Gasteiger partial charge on any atom is -0.490 e. The minimum atomic E-state index is -1.66. The number of anilines is 4. The number of benzene rings is 5. The van der Waals surface area contributed by atoms with Crippen LogP contribution in [0.3, 0.4) is 0 Å². The Hall–Kier alpha value is -5.65. The Balaban J connectivity index is 1.29. The fourth-order valence-corrected chi connectivity index (χ4v) is 6.49. The number of ketones is 2. The lowest BCUT2D eigenvalue weighted by Gasteiger charge is -2.16. The average molecular weight is 1010 g/mol. The van der Waals surface area contributed by atoms with Crippen molar-refractivity contribution in [1.29, 1.82) is 0 Å². The summed E-state index contributed by atoms with van der Waals surface area (Å²) in [6, 6.07) is 18.0. The first-order valence-corrected chi connectivity index (χ1v) is 21.1. The SMILES string of the molecule is CC(=O)C(N=Nc1ccc(Cl)c(C(=O)Nc2cc(Cl)ccc2Cl)c1)C(=O)Nc1ccc(NC(=O)C(N=Nc2ccc(Cl)c(C(=O)Nc3cc(Cl)ccc3Cl)c2)C(C)=O)c(OCCCl)c1. The van der Waals surface area contributed by atoms with Crippen LogP contribution in [0.2, 0.25) is 30.1 Å². The lowest BCUT2D eigenvalue weighted by atomic mass is 10.1. The molecule has 0 aliphatic rings. The third-order valence-corrected chi connectivity index (χ3v) is 10.4. The number of azo groups is 2. The second kappa shape index (κ2) is 22.8. The molecule has 330 valence electrons. The number of carbonyl (C=O) groups excluding carboxylic acids is 6. The number of hydrogen-bond acceptors (Lipinski definition) is 11. The smallest absolute Gasteiger partial charge is 0.258 e. The zero-order valence-electron chi connectivity index (χ0n) is 33.0. The summed E-state index contributed by atoms with van der Waals surface area (Å²) in [5, 5.41) is 27.5. The Morgan fingerprint density at radius 2 is 0.984 bits per heavy atom. The maximum absolute atomic E-state index is 13.4. The van der Waals surface area contributed by atoms with Gasteiger partial charge in [0, 0.05) is 21.8 Å². The predicted molar refractivity (Wildman–Crippen MR) is 250 cm³/mol. The van der Waals surface area contributed by atoms with E-state index in [1.807, 2.05) is 0 Å². The fourth-order valence-electron chi connectivity index (χ4n) is 5.33. The van der Waals surface area contributed by atoms with Gasteiger partial charge in [-0.25, -0.2) is 0 Å². The van der Waals surface area contributed by atoms with Gasteiger partial charge in [-0.3, -0.25) is 28.8 Å². The number of nitrogens with zero attached hydrogens (tertiary/aromatic N) is 4. The van der Waals surface area contributed by atoms with Crippen molar-refractivity contribution in [1.82, 2.24) is 0 Å². The topological polar surface area (TPSA) is 209 Å². The van der Waals surface area contributed by atoms with E-state index in [1.165, 1.54) is 78.9 Å². The van der Waals surface area contributed by atoms with Crippen LogP contribution in [0, 0.1) is 0 Å². The molecule has 2 atom stereocenters. The van der Waals surface area contributed by atoms with Gasteiger partial charge in [-0.1, -0.05) is 69.6 Å². The molecule has 0 aromatic heterocycles. The van der Waals surface area contributed by atoms with Crippen LogP contribution in [-0.4, -0.2) is 59.8 Å². The first-order valence-electron chi connectivity index (χ1n) is 18.3. The van der Waals surface area contributed by atoms with E-state index in [0.29, 0.717) is 10.0 Å². The van der Waals surface area contributed by atoms with Gasteiger partial charge in [0.15, 0.2) is 11.6 Å². The molecule has 0 fully saturated rings. The molecule has 0 spiro atoms. The highest BCUT2D eigenvalue weighted by atomic mass is 35.5. The quantitative estimate of drug-likeness (QED) is 0.0402. The number of amides is 4. The van der Waals surface area contributed by atoms with Crippen LogP contribution < -0.4 is 26.0 Å². The van der Waals surface area contributed by atoms with Gasteiger partial charge < -0.3 is 26.0 Å². The van der Waals surface area contributed by atoms with Crippen molar-refractivity contribution in [2.24, 2.45) is 20.5 Å². The third-order valence-electron chi connectivity index (χ3n) is 8.43.